The average molecular weight is 312 g/mol. The molecule has 0 amide bonds. The van der Waals surface area contributed by atoms with Crippen molar-refractivity contribution in [2.45, 2.75) is 11.7 Å². The zero-order valence-electron chi connectivity index (χ0n) is 10.1. The van der Waals surface area contributed by atoms with Crippen molar-refractivity contribution in [3.05, 3.63) is 28.7 Å². The molecule has 98 valence electrons. The quantitative estimate of drug-likeness (QED) is 0.541. The number of rotatable bonds is 2. The van der Waals surface area contributed by atoms with Gasteiger partial charge in [0.15, 0.2) is 0 Å². The van der Waals surface area contributed by atoms with E-state index in [1.54, 1.807) is 0 Å². The van der Waals surface area contributed by atoms with E-state index in [2.05, 4.69) is 54.6 Å². The van der Waals surface area contributed by atoms with Crippen LogP contribution in [-0.2, 0) is 0 Å². The van der Waals surface area contributed by atoms with Gasteiger partial charge in [-0.2, -0.15) is 0 Å². The lowest BCUT2D eigenvalue weighted by atomic mass is 9.94. The summed E-state index contributed by atoms with van der Waals surface area (Å²) < 4.78 is 1.09. The van der Waals surface area contributed by atoms with Gasteiger partial charge in [0.05, 0.1) is 11.7 Å². The van der Waals surface area contributed by atoms with Crippen molar-refractivity contribution >= 4 is 21.6 Å². The number of nitrogens with one attached hydrogen (secondary N) is 5. The molecule has 2 aliphatic heterocycles. The van der Waals surface area contributed by atoms with Crippen molar-refractivity contribution < 1.29 is 0 Å². The molecule has 5 nitrogen and oxygen atoms in total. The topological polar surface area (TPSA) is 60.1 Å². The molecule has 2 saturated heterocycles. The van der Waals surface area contributed by atoms with E-state index < -0.39 is 0 Å². The monoisotopic (exact) mass is 311 g/mol. The summed E-state index contributed by atoms with van der Waals surface area (Å²) in [4.78, 5) is 0. The molecule has 3 rings (SSSR count). The third-order valence-corrected chi connectivity index (χ3v) is 4.06. The maximum atomic E-state index is 3.57. The highest BCUT2D eigenvalue weighted by molar-refractivity contribution is 9.10. The summed E-state index contributed by atoms with van der Waals surface area (Å²) >= 11 is 3.50. The molecule has 6 heteroatoms. The lowest BCUT2D eigenvalue weighted by Gasteiger charge is -2.42. The van der Waals surface area contributed by atoms with Crippen LogP contribution in [0.15, 0.2) is 28.7 Å². The van der Waals surface area contributed by atoms with Gasteiger partial charge in [-0.05, 0) is 18.2 Å². The molecule has 0 aliphatic carbocycles. The predicted octanol–water partition coefficient (Wildman–Crippen LogP) is 0.227. The number of benzene rings is 1. The van der Waals surface area contributed by atoms with E-state index in [9.17, 15) is 0 Å². The van der Waals surface area contributed by atoms with E-state index in [1.165, 1.54) is 0 Å². The van der Waals surface area contributed by atoms with Crippen LogP contribution in [0.2, 0.25) is 0 Å². The molecule has 1 aromatic carbocycles. The molecule has 0 bridgehead atoms. The number of halogens is 1. The van der Waals surface area contributed by atoms with Crippen LogP contribution < -0.4 is 26.6 Å². The summed E-state index contributed by atoms with van der Waals surface area (Å²) in [5.74, 6) is 0. The van der Waals surface area contributed by atoms with Crippen LogP contribution in [-0.4, -0.2) is 38.1 Å². The molecule has 18 heavy (non-hydrogen) atoms. The second-order valence-electron chi connectivity index (χ2n) is 4.83. The van der Waals surface area contributed by atoms with Crippen molar-refractivity contribution in [1.29, 1.82) is 0 Å². The van der Waals surface area contributed by atoms with Gasteiger partial charge in [0.1, 0.15) is 0 Å². The first-order valence-corrected chi connectivity index (χ1v) is 7.00. The zero-order valence-corrected chi connectivity index (χ0v) is 11.7. The van der Waals surface area contributed by atoms with E-state index >= 15 is 0 Å². The fourth-order valence-electron chi connectivity index (χ4n) is 2.61. The Balaban J connectivity index is 1.77. The van der Waals surface area contributed by atoms with Gasteiger partial charge in [-0.15, -0.1) is 0 Å². The normalized spacial score (nSPS) is 31.7. The molecule has 2 fully saturated rings. The summed E-state index contributed by atoms with van der Waals surface area (Å²) in [7, 11) is 0. The van der Waals surface area contributed by atoms with Crippen LogP contribution in [0, 0.1) is 0 Å². The maximum absolute atomic E-state index is 3.57. The Morgan fingerprint density at radius 2 is 2.06 bits per heavy atom. The molecule has 1 spiro atoms. The first-order valence-electron chi connectivity index (χ1n) is 6.20. The minimum atomic E-state index is 0.0283. The molecule has 5 N–H and O–H groups in total. The van der Waals surface area contributed by atoms with Crippen LogP contribution in [0.25, 0.3) is 0 Å². The fraction of sp³-hybridized carbons (Fsp3) is 0.500. The Kier molecular flexibility index (Phi) is 3.54. The molecule has 1 aromatic rings. The van der Waals surface area contributed by atoms with Crippen molar-refractivity contribution in [2.24, 2.45) is 0 Å². The standard InChI is InChI=1S/C12H18BrN5/c13-9-2-1-3-10(4-9)18-11-12(5-14-7-16-11)6-15-8-17-12/h1-4,11,14-18H,5-8H2. The Morgan fingerprint density at radius 1 is 1.22 bits per heavy atom. The summed E-state index contributed by atoms with van der Waals surface area (Å²) in [6.45, 7) is 3.60. The van der Waals surface area contributed by atoms with Crippen molar-refractivity contribution in [2.75, 3.05) is 31.7 Å². The lowest BCUT2D eigenvalue weighted by Crippen LogP contribution is -2.71. The van der Waals surface area contributed by atoms with Crippen LogP contribution >= 0.6 is 15.9 Å². The molecule has 0 saturated carbocycles. The second kappa shape index (κ2) is 5.14. The lowest BCUT2D eigenvalue weighted by molar-refractivity contribution is 0.238. The van der Waals surface area contributed by atoms with Gasteiger partial charge in [0, 0.05) is 36.6 Å². The Hall–Kier alpha value is -0.660. The van der Waals surface area contributed by atoms with Gasteiger partial charge in [0.2, 0.25) is 0 Å². The summed E-state index contributed by atoms with van der Waals surface area (Å²) in [5.41, 5.74) is 1.15. The highest BCUT2D eigenvalue weighted by Crippen LogP contribution is 2.21. The third kappa shape index (κ3) is 2.39. The zero-order chi connectivity index (χ0) is 12.4. The molecule has 0 aromatic heterocycles. The highest BCUT2D eigenvalue weighted by atomic mass is 79.9. The number of hydrogen-bond donors (Lipinski definition) is 5. The molecule has 0 radical (unpaired) electrons. The SMILES string of the molecule is Brc1cccc(NC2NCNCC23CNCN3)c1. The Bertz CT molecular complexity index is 419. The summed E-state index contributed by atoms with van der Waals surface area (Å²) in [6.07, 6.45) is 0.211. The molecular weight excluding hydrogens is 294 g/mol. The smallest absolute Gasteiger partial charge is 0.0990 e. The van der Waals surface area contributed by atoms with Crippen LogP contribution in [0.4, 0.5) is 5.69 Å². The minimum absolute atomic E-state index is 0.0283. The van der Waals surface area contributed by atoms with Gasteiger partial charge in [-0.3, -0.25) is 10.6 Å². The predicted molar refractivity (Wildman–Crippen MR) is 76.3 cm³/mol. The van der Waals surface area contributed by atoms with Crippen molar-refractivity contribution in [3.63, 3.8) is 0 Å². The van der Waals surface area contributed by atoms with Crippen molar-refractivity contribution in [3.8, 4) is 0 Å². The first-order chi connectivity index (χ1) is 8.78. The minimum Gasteiger partial charge on any atom is -0.368 e. The molecular formula is C12H18BrN5. The van der Waals surface area contributed by atoms with Gasteiger partial charge in [-0.25, -0.2) is 0 Å². The number of anilines is 1. The van der Waals surface area contributed by atoms with E-state index in [-0.39, 0.29) is 11.7 Å². The second-order valence-corrected chi connectivity index (χ2v) is 5.75. The summed E-state index contributed by atoms with van der Waals surface area (Å²) in [5, 5.41) is 17.3. The Morgan fingerprint density at radius 3 is 2.78 bits per heavy atom. The highest BCUT2D eigenvalue weighted by Gasteiger charge is 2.43. The largest absolute Gasteiger partial charge is 0.368 e. The van der Waals surface area contributed by atoms with Gasteiger partial charge < -0.3 is 16.0 Å². The summed E-state index contributed by atoms with van der Waals surface area (Å²) in [6, 6.07) is 8.26. The molecule has 2 unspecified atom stereocenters. The Labute approximate surface area is 115 Å². The molecule has 2 atom stereocenters. The molecule has 2 heterocycles. The van der Waals surface area contributed by atoms with Crippen molar-refractivity contribution in [1.82, 2.24) is 21.3 Å². The van der Waals surface area contributed by atoms with Crippen LogP contribution in [0.1, 0.15) is 0 Å². The fourth-order valence-corrected chi connectivity index (χ4v) is 3.01. The first kappa shape index (κ1) is 12.4. The van der Waals surface area contributed by atoms with E-state index in [1.807, 2.05) is 12.1 Å². The number of hydrogen-bond acceptors (Lipinski definition) is 5. The van der Waals surface area contributed by atoms with Gasteiger partial charge >= 0.3 is 0 Å². The maximum Gasteiger partial charge on any atom is 0.0990 e. The molecule has 2 aliphatic rings. The third-order valence-electron chi connectivity index (χ3n) is 3.57. The average Bonchev–Trinajstić information content (AvgIpc) is 2.82. The van der Waals surface area contributed by atoms with E-state index in [4.69, 9.17) is 0 Å². The van der Waals surface area contributed by atoms with Crippen LogP contribution in [0.3, 0.4) is 0 Å². The van der Waals surface area contributed by atoms with E-state index in [0.717, 1.165) is 36.6 Å². The van der Waals surface area contributed by atoms with E-state index in [0.29, 0.717) is 0 Å². The van der Waals surface area contributed by atoms with Crippen LogP contribution in [0.5, 0.6) is 0 Å². The van der Waals surface area contributed by atoms with Gasteiger partial charge in [-0.1, -0.05) is 22.0 Å². The van der Waals surface area contributed by atoms with Gasteiger partial charge in [0.25, 0.3) is 0 Å².